The molecular formula is C13H24N2O. The molecule has 0 atom stereocenters. The van der Waals surface area contributed by atoms with Crippen LogP contribution >= 0.6 is 0 Å². The summed E-state index contributed by atoms with van der Waals surface area (Å²) in [5.41, 5.74) is 0.466. The van der Waals surface area contributed by atoms with Gasteiger partial charge in [0.2, 0.25) is 0 Å². The van der Waals surface area contributed by atoms with Gasteiger partial charge in [-0.05, 0) is 38.8 Å². The summed E-state index contributed by atoms with van der Waals surface area (Å²) in [6, 6.07) is 2.38. The zero-order chi connectivity index (χ0) is 10.7. The molecule has 0 N–H and O–H groups in total. The largest absolute Gasteiger partial charge is 0.384 e. The summed E-state index contributed by atoms with van der Waals surface area (Å²) in [7, 11) is 1.79. The molecule has 0 spiro atoms. The van der Waals surface area contributed by atoms with E-state index in [-0.39, 0.29) is 7.43 Å². The van der Waals surface area contributed by atoms with E-state index in [9.17, 15) is 0 Å². The van der Waals surface area contributed by atoms with Crippen molar-refractivity contribution in [2.45, 2.75) is 33.1 Å². The summed E-state index contributed by atoms with van der Waals surface area (Å²) >= 11 is 0. The summed E-state index contributed by atoms with van der Waals surface area (Å²) < 4.78 is 5.27. The SMILES string of the molecule is C.COCC1(CN2CCC(C#N)CC2)CC1. The van der Waals surface area contributed by atoms with Crippen LogP contribution in [0.5, 0.6) is 0 Å². The van der Waals surface area contributed by atoms with Crippen LogP contribution in [0, 0.1) is 22.7 Å². The predicted octanol–water partition coefficient (Wildman–Crippen LogP) is 2.28. The maximum Gasteiger partial charge on any atom is 0.0656 e. The summed E-state index contributed by atoms with van der Waals surface area (Å²) in [5, 5.41) is 8.82. The van der Waals surface area contributed by atoms with Crippen molar-refractivity contribution in [2.24, 2.45) is 11.3 Å². The third-order valence-electron chi connectivity index (χ3n) is 3.74. The van der Waals surface area contributed by atoms with E-state index in [4.69, 9.17) is 10.00 Å². The third kappa shape index (κ3) is 3.20. The Morgan fingerprint density at radius 1 is 1.38 bits per heavy atom. The summed E-state index contributed by atoms with van der Waals surface area (Å²) in [5.74, 6) is 0.304. The van der Waals surface area contributed by atoms with Gasteiger partial charge in [0.05, 0.1) is 12.7 Å². The highest BCUT2D eigenvalue weighted by Gasteiger charge is 2.44. The molecule has 92 valence electrons. The second kappa shape index (κ2) is 5.65. The molecule has 3 nitrogen and oxygen atoms in total. The first-order chi connectivity index (χ1) is 7.28. The lowest BCUT2D eigenvalue weighted by molar-refractivity contribution is 0.0955. The molecule has 2 fully saturated rings. The fourth-order valence-corrected chi connectivity index (χ4v) is 2.53. The van der Waals surface area contributed by atoms with Gasteiger partial charge < -0.3 is 9.64 Å². The van der Waals surface area contributed by atoms with E-state index in [1.807, 2.05) is 0 Å². The highest BCUT2D eigenvalue weighted by molar-refractivity contribution is 4.97. The zero-order valence-electron chi connectivity index (χ0n) is 9.54. The average Bonchev–Trinajstić information content (AvgIpc) is 3.00. The molecule has 3 heteroatoms. The smallest absolute Gasteiger partial charge is 0.0656 e. The number of methoxy groups -OCH3 is 1. The predicted molar refractivity (Wildman–Crippen MR) is 65.1 cm³/mol. The van der Waals surface area contributed by atoms with Crippen LogP contribution in [0.15, 0.2) is 0 Å². The Kier molecular flexibility index (Phi) is 4.76. The van der Waals surface area contributed by atoms with Gasteiger partial charge in [-0.15, -0.1) is 0 Å². The number of ether oxygens (including phenoxy) is 1. The van der Waals surface area contributed by atoms with Gasteiger partial charge in [0.15, 0.2) is 0 Å². The van der Waals surface area contributed by atoms with Gasteiger partial charge in [0.1, 0.15) is 0 Å². The van der Waals surface area contributed by atoms with Crippen molar-refractivity contribution in [1.29, 1.82) is 5.26 Å². The fraction of sp³-hybridized carbons (Fsp3) is 0.923. The molecule has 1 heterocycles. The first kappa shape index (κ1) is 13.5. The third-order valence-corrected chi connectivity index (χ3v) is 3.74. The first-order valence-corrected chi connectivity index (χ1v) is 5.89. The maximum atomic E-state index is 8.82. The van der Waals surface area contributed by atoms with E-state index in [1.54, 1.807) is 7.11 Å². The molecule has 0 aromatic rings. The van der Waals surface area contributed by atoms with E-state index < -0.39 is 0 Å². The molecule has 1 saturated heterocycles. The zero-order valence-corrected chi connectivity index (χ0v) is 9.54. The molecule has 0 radical (unpaired) electrons. The van der Waals surface area contributed by atoms with E-state index in [2.05, 4.69) is 11.0 Å². The minimum absolute atomic E-state index is 0. The summed E-state index contributed by atoms with van der Waals surface area (Å²) in [4.78, 5) is 2.51. The molecule has 2 aliphatic rings. The first-order valence-electron chi connectivity index (χ1n) is 5.89. The van der Waals surface area contributed by atoms with Crippen molar-refractivity contribution in [1.82, 2.24) is 4.90 Å². The van der Waals surface area contributed by atoms with Crippen molar-refractivity contribution in [2.75, 3.05) is 33.4 Å². The quantitative estimate of drug-likeness (QED) is 0.735. The van der Waals surface area contributed by atoms with Crippen molar-refractivity contribution in [3.05, 3.63) is 0 Å². The minimum Gasteiger partial charge on any atom is -0.384 e. The number of hydrogen-bond donors (Lipinski definition) is 0. The standard InChI is InChI=1S/C12H20N2O.CH4/c1-15-10-12(4-5-12)9-14-6-2-11(8-13)3-7-14;/h11H,2-7,9-10H2,1H3;1H4. The average molecular weight is 224 g/mol. The van der Waals surface area contributed by atoms with Gasteiger partial charge in [-0.1, -0.05) is 7.43 Å². The van der Waals surface area contributed by atoms with Gasteiger partial charge in [-0.2, -0.15) is 5.26 Å². The second-order valence-electron chi connectivity index (χ2n) is 5.11. The van der Waals surface area contributed by atoms with Gasteiger partial charge in [0, 0.05) is 25.0 Å². The van der Waals surface area contributed by atoms with Crippen LogP contribution in [0.1, 0.15) is 33.1 Å². The Labute approximate surface area is 99.4 Å². The van der Waals surface area contributed by atoms with Crippen molar-refractivity contribution in [3.8, 4) is 6.07 Å². The molecular weight excluding hydrogens is 200 g/mol. The Hall–Kier alpha value is -0.590. The number of nitrogens with zero attached hydrogens (tertiary/aromatic N) is 2. The molecule has 0 amide bonds. The molecule has 1 saturated carbocycles. The van der Waals surface area contributed by atoms with E-state index in [0.717, 1.165) is 32.5 Å². The lowest BCUT2D eigenvalue weighted by Crippen LogP contribution is -2.38. The van der Waals surface area contributed by atoms with Crippen LogP contribution < -0.4 is 0 Å². The lowest BCUT2D eigenvalue weighted by atomic mass is 9.97. The van der Waals surface area contributed by atoms with Crippen LogP contribution in [0.25, 0.3) is 0 Å². The van der Waals surface area contributed by atoms with Crippen LogP contribution in [0.4, 0.5) is 0 Å². The summed E-state index contributed by atoms with van der Waals surface area (Å²) in [6.07, 6.45) is 4.75. The van der Waals surface area contributed by atoms with Crippen LogP contribution in [0.2, 0.25) is 0 Å². The monoisotopic (exact) mass is 224 g/mol. The Morgan fingerprint density at radius 2 is 2.00 bits per heavy atom. The molecule has 0 unspecified atom stereocenters. The molecule has 2 rings (SSSR count). The number of rotatable bonds is 4. The van der Waals surface area contributed by atoms with Gasteiger partial charge in [-0.3, -0.25) is 0 Å². The molecule has 0 aromatic heterocycles. The van der Waals surface area contributed by atoms with Gasteiger partial charge >= 0.3 is 0 Å². The van der Waals surface area contributed by atoms with Crippen LogP contribution in [-0.2, 0) is 4.74 Å². The Balaban J connectivity index is 0.00000128. The number of piperidine rings is 1. The maximum absolute atomic E-state index is 8.82. The molecule has 0 aromatic carbocycles. The van der Waals surface area contributed by atoms with Crippen LogP contribution in [-0.4, -0.2) is 38.3 Å². The molecule has 1 aliphatic carbocycles. The Bertz CT molecular complexity index is 247. The normalized spacial score (nSPS) is 24.5. The number of hydrogen-bond acceptors (Lipinski definition) is 3. The van der Waals surface area contributed by atoms with E-state index >= 15 is 0 Å². The molecule has 0 bridgehead atoms. The highest BCUT2D eigenvalue weighted by Crippen LogP contribution is 2.46. The fourth-order valence-electron chi connectivity index (χ4n) is 2.53. The van der Waals surface area contributed by atoms with Gasteiger partial charge in [-0.25, -0.2) is 0 Å². The minimum atomic E-state index is 0. The Morgan fingerprint density at radius 3 is 2.44 bits per heavy atom. The summed E-state index contributed by atoms with van der Waals surface area (Å²) in [6.45, 7) is 4.29. The number of nitriles is 1. The number of likely N-dealkylation sites (tertiary alicyclic amines) is 1. The van der Waals surface area contributed by atoms with Crippen molar-refractivity contribution < 1.29 is 4.74 Å². The topological polar surface area (TPSA) is 36.3 Å². The molecule has 16 heavy (non-hydrogen) atoms. The van der Waals surface area contributed by atoms with Crippen molar-refractivity contribution >= 4 is 0 Å². The highest BCUT2D eigenvalue weighted by atomic mass is 16.5. The van der Waals surface area contributed by atoms with E-state index in [1.165, 1.54) is 19.4 Å². The van der Waals surface area contributed by atoms with Gasteiger partial charge in [0.25, 0.3) is 0 Å². The van der Waals surface area contributed by atoms with Crippen LogP contribution in [0.3, 0.4) is 0 Å². The van der Waals surface area contributed by atoms with E-state index in [0.29, 0.717) is 11.3 Å². The second-order valence-corrected chi connectivity index (χ2v) is 5.11. The van der Waals surface area contributed by atoms with Crippen molar-refractivity contribution in [3.63, 3.8) is 0 Å². The lowest BCUT2D eigenvalue weighted by Gasteiger charge is -2.32. The molecule has 1 aliphatic heterocycles.